The maximum atomic E-state index is 8.40. The predicted octanol–water partition coefficient (Wildman–Crippen LogP) is 1.71. The maximum Gasteiger partial charge on any atom is 0.203 e. The Morgan fingerprint density at radius 2 is 2.00 bits per heavy atom. The number of nitrogens with zero attached hydrogens (tertiary/aromatic N) is 11. The molecule has 11 heteroatoms. The zero-order valence-corrected chi connectivity index (χ0v) is 7.92. The third kappa shape index (κ3) is 1.34. The van der Waals surface area contributed by atoms with E-state index in [0.717, 1.165) is 4.63 Å². The molecule has 0 bridgehead atoms. The molecule has 2 aromatic rings. The maximum absolute atomic E-state index is 8.40. The van der Waals surface area contributed by atoms with Crippen molar-refractivity contribution in [1.29, 1.82) is 0 Å². The SMILES string of the molecule is Cc1c(N=[N+]=[N-])c(N=[N+]=[N-])nn2nnnc12. The van der Waals surface area contributed by atoms with Crippen molar-refractivity contribution < 1.29 is 0 Å². The van der Waals surface area contributed by atoms with Crippen LogP contribution in [-0.2, 0) is 0 Å². The van der Waals surface area contributed by atoms with E-state index in [4.69, 9.17) is 11.1 Å². The van der Waals surface area contributed by atoms with Gasteiger partial charge < -0.3 is 0 Å². The van der Waals surface area contributed by atoms with Crippen LogP contribution in [0, 0.1) is 6.92 Å². The Labute approximate surface area is 86.9 Å². The molecule has 0 aliphatic heterocycles. The topological polar surface area (TPSA) is 153 Å². The van der Waals surface area contributed by atoms with Gasteiger partial charge in [0.25, 0.3) is 0 Å². The minimum Gasteiger partial charge on any atom is -0.145 e. The van der Waals surface area contributed by atoms with Crippen LogP contribution >= 0.6 is 0 Å². The fourth-order valence-electron chi connectivity index (χ4n) is 1.16. The first kappa shape index (κ1) is 9.65. The number of fused-ring (bicyclic) bond motifs is 1. The van der Waals surface area contributed by atoms with Gasteiger partial charge in [-0.1, -0.05) is 5.11 Å². The highest BCUT2D eigenvalue weighted by atomic mass is 15.6. The van der Waals surface area contributed by atoms with Gasteiger partial charge in [0.15, 0.2) is 5.82 Å². The van der Waals surface area contributed by atoms with Crippen LogP contribution in [0.1, 0.15) is 5.56 Å². The molecular formula is C5H3N11. The van der Waals surface area contributed by atoms with Gasteiger partial charge in [0.05, 0.1) is 5.69 Å². The summed E-state index contributed by atoms with van der Waals surface area (Å²) in [7, 11) is 0. The third-order valence-electron chi connectivity index (χ3n) is 1.83. The molecule has 0 aliphatic carbocycles. The number of rotatable bonds is 2. The lowest BCUT2D eigenvalue weighted by atomic mass is 10.3. The Kier molecular flexibility index (Phi) is 2.22. The van der Waals surface area contributed by atoms with Crippen LogP contribution in [0.25, 0.3) is 26.5 Å². The first-order valence-electron chi connectivity index (χ1n) is 3.97. The number of hydrogen-bond donors (Lipinski definition) is 0. The zero-order valence-electron chi connectivity index (χ0n) is 7.92. The van der Waals surface area contributed by atoms with Gasteiger partial charge in [0.2, 0.25) is 5.65 Å². The van der Waals surface area contributed by atoms with Crippen LogP contribution in [0.5, 0.6) is 0 Å². The molecule has 0 spiro atoms. The van der Waals surface area contributed by atoms with Crippen molar-refractivity contribution in [2.24, 2.45) is 10.2 Å². The molecule has 0 fully saturated rings. The predicted molar refractivity (Wildman–Crippen MR) is 50.9 cm³/mol. The Hall–Kier alpha value is -2.90. The molecule has 2 heterocycles. The molecule has 0 unspecified atom stereocenters. The quantitative estimate of drug-likeness (QED) is 0.426. The van der Waals surface area contributed by atoms with Crippen molar-refractivity contribution in [1.82, 2.24) is 25.3 Å². The van der Waals surface area contributed by atoms with E-state index in [9.17, 15) is 0 Å². The van der Waals surface area contributed by atoms with E-state index in [1.165, 1.54) is 0 Å². The molecule has 2 aromatic heterocycles. The summed E-state index contributed by atoms with van der Waals surface area (Å²) in [6.07, 6.45) is 0. The van der Waals surface area contributed by atoms with Crippen molar-refractivity contribution >= 4 is 17.2 Å². The first-order valence-corrected chi connectivity index (χ1v) is 3.97. The number of aromatic nitrogens is 5. The zero-order chi connectivity index (χ0) is 11.5. The lowest BCUT2D eigenvalue weighted by Crippen LogP contribution is -1.96. The molecule has 0 aromatic carbocycles. The van der Waals surface area contributed by atoms with E-state index in [2.05, 4.69) is 40.7 Å². The lowest BCUT2D eigenvalue weighted by Gasteiger charge is -2.01. The van der Waals surface area contributed by atoms with Crippen LogP contribution < -0.4 is 0 Å². The van der Waals surface area contributed by atoms with Crippen LogP contribution in [0.15, 0.2) is 10.2 Å². The Balaban J connectivity index is 2.90. The second-order valence-corrected chi connectivity index (χ2v) is 2.67. The molecule has 0 amide bonds. The fourth-order valence-corrected chi connectivity index (χ4v) is 1.16. The standard InChI is InChI=1S/C5H3N11/c1-2-3(8-12-6)4(9-13-7)11-16-5(2)10-14-15-16/h1H3. The molecule has 78 valence electrons. The monoisotopic (exact) mass is 217 g/mol. The molecule has 0 saturated carbocycles. The highest BCUT2D eigenvalue weighted by molar-refractivity contribution is 5.68. The highest BCUT2D eigenvalue weighted by Crippen LogP contribution is 2.30. The van der Waals surface area contributed by atoms with Crippen molar-refractivity contribution in [2.45, 2.75) is 6.92 Å². The number of azide groups is 2. The second kappa shape index (κ2) is 3.69. The van der Waals surface area contributed by atoms with Crippen molar-refractivity contribution in [2.75, 3.05) is 0 Å². The van der Waals surface area contributed by atoms with E-state index < -0.39 is 0 Å². The summed E-state index contributed by atoms with van der Waals surface area (Å²) < 4.78 is 1.09. The van der Waals surface area contributed by atoms with Gasteiger partial charge in [-0.3, -0.25) is 0 Å². The average molecular weight is 217 g/mol. The summed E-state index contributed by atoms with van der Waals surface area (Å²) in [6.45, 7) is 1.63. The van der Waals surface area contributed by atoms with E-state index in [-0.39, 0.29) is 11.5 Å². The minimum atomic E-state index is -0.0717. The Morgan fingerprint density at radius 1 is 1.25 bits per heavy atom. The van der Waals surface area contributed by atoms with Gasteiger partial charge in [0, 0.05) is 15.4 Å². The molecule has 0 atom stereocenters. The van der Waals surface area contributed by atoms with Gasteiger partial charge in [-0.25, -0.2) is 0 Å². The van der Waals surface area contributed by atoms with E-state index in [1.54, 1.807) is 6.92 Å². The van der Waals surface area contributed by atoms with Crippen molar-refractivity contribution in [3.05, 3.63) is 26.4 Å². The number of hydrogen-bond acceptors (Lipinski definition) is 6. The number of tetrazole rings is 1. The number of aryl methyl sites for hydroxylation is 1. The molecule has 11 nitrogen and oxygen atoms in total. The molecule has 0 N–H and O–H groups in total. The normalized spacial score (nSPS) is 9.56. The van der Waals surface area contributed by atoms with Crippen LogP contribution in [0.3, 0.4) is 0 Å². The summed E-state index contributed by atoms with van der Waals surface area (Å²) in [5.74, 6) is -0.0717. The summed E-state index contributed by atoms with van der Waals surface area (Å²) in [5, 5.41) is 21.1. The van der Waals surface area contributed by atoms with Crippen molar-refractivity contribution in [3.63, 3.8) is 0 Å². The van der Waals surface area contributed by atoms with E-state index >= 15 is 0 Å². The average Bonchev–Trinajstić information content (AvgIpc) is 2.72. The molecular weight excluding hydrogens is 214 g/mol. The van der Waals surface area contributed by atoms with Gasteiger partial charge in [-0.15, -0.1) is 14.8 Å². The van der Waals surface area contributed by atoms with Crippen LogP contribution in [0.2, 0.25) is 0 Å². The largest absolute Gasteiger partial charge is 0.203 e. The van der Waals surface area contributed by atoms with Crippen LogP contribution in [-0.4, -0.2) is 25.3 Å². The molecule has 16 heavy (non-hydrogen) atoms. The third-order valence-corrected chi connectivity index (χ3v) is 1.83. The summed E-state index contributed by atoms with van der Waals surface area (Å²) in [5.41, 5.74) is 17.7. The van der Waals surface area contributed by atoms with Crippen LogP contribution in [0.4, 0.5) is 11.5 Å². The van der Waals surface area contributed by atoms with Gasteiger partial charge >= 0.3 is 0 Å². The Morgan fingerprint density at radius 3 is 2.69 bits per heavy atom. The minimum absolute atomic E-state index is 0.0717. The van der Waals surface area contributed by atoms with Gasteiger partial charge in [0.1, 0.15) is 0 Å². The summed E-state index contributed by atoms with van der Waals surface area (Å²) in [4.78, 5) is 5.20. The molecule has 0 aliphatic rings. The molecule has 0 saturated heterocycles. The second-order valence-electron chi connectivity index (χ2n) is 2.67. The van der Waals surface area contributed by atoms with Gasteiger partial charge in [-0.05, 0) is 33.5 Å². The summed E-state index contributed by atoms with van der Waals surface area (Å²) >= 11 is 0. The highest BCUT2D eigenvalue weighted by Gasteiger charge is 2.12. The van der Waals surface area contributed by atoms with E-state index in [1.807, 2.05) is 0 Å². The van der Waals surface area contributed by atoms with Gasteiger partial charge in [-0.2, -0.15) is 0 Å². The lowest BCUT2D eigenvalue weighted by molar-refractivity contribution is 0.732. The molecule has 0 radical (unpaired) electrons. The fraction of sp³-hybridized carbons (Fsp3) is 0.200. The first-order chi connectivity index (χ1) is 7.77. The smallest absolute Gasteiger partial charge is 0.145 e. The summed E-state index contributed by atoms with van der Waals surface area (Å²) in [6, 6.07) is 0. The Bertz CT molecular complexity index is 640. The van der Waals surface area contributed by atoms with Crippen molar-refractivity contribution in [3.8, 4) is 0 Å². The van der Waals surface area contributed by atoms with E-state index in [0.29, 0.717) is 11.2 Å². The molecule has 2 rings (SSSR count).